The van der Waals surface area contributed by atoms with E-state index in [0.717, 1.165) is 19.4 Å². The number of aliphatic hydroxyl groups is 1. The molecule has 1 saturated heterocycles. The summed E-state index contributed by atoms with van der Waals surface area (Å²) in [5.74, 6) is 1.30. The van der Waals surface area contributed by atoms with Crippen molar-refractivity contribution in [3.8, 4) is 0 Å². The molecule has 1 aromatic rings. The molecule has 0 aromatic carbocycles. The SMILES string of the molecule is CNc1nc(N2CCCC2CO)c(Cl)cc1Cl. The number of hydrogen-bond donors (Lipinski definition) is 2. The third-order valence-corrected chi connectivity index (χ3v) is 3.57. The summed E-state index contributed by atoms with van der Waals surface area (Å²) in [6, 6.07) is 1.79. The molecule has 0 bridgehead atoms. The Morgan fingerprint density at radius 3 is 2.94 bits per heavy atom. The van der Waals surface area contributed by atoms with Crippen LogP contribution in [-0.4, -0.2) is 36.3 Å². The van der Waals surface area contributed by atoms with Crippen LogP contribution in [0.5, 0.6) is 0 Å². The predicted molar refractivity (Wildman–Crippen MR) is 71.3 cm³/mol. The van der Waals surface area contributed by atoms with Gasteiger partial charge in [0.15, 0.2) is 0 Å². The van der Waals surface area contributed by atoms with Crippen LogP contribution in [-0.2, 0) is 0 Å². The monoisotopic (exact) mass is 275 g/mol. The molecule has 1 aliphatic rings. The van der Waals surface area contributed by atoms with Crippen LogP contribution in [0.25, 0.3) is 0 Å². The first kappa shape index (κ1) is 12.7. The van der Waals surface area contributed by atoms with Gasteiger partial charge in [0.05, 0.1) is 22.7 Å². The van der Waals surface area contributed by atoms with E-state index >= 15 is 0 Å². The molecule has 0 saturated carbocycles. The zero-order valence-corrected chi connectivity index (χ0v) is 11.1. The Balaban J connectivity index is 2.37. The zero-order valence-electron chi connectivity index (χ0n) is 9.58. The fourth-order valence-electron chi connectivity index (χ4n) is 2.14. The first-order chi connectivity index (χ1) is 8.17. The van der Waals surface area contributed by atoms with E-state index in [4.69, 9.17) is 23.2 Å². The van der Waals surface area contributed by atoms with Gasteiger partial charge in [0.25, 0.3) is 0 Å². The van der Waals surface area contributed by atoms with Gasteiger partial charge in [-0.3, -0.25) is 0 Å². The summed E-state index contributed by atoms with van der Waals surface area (Å²) in [7, 11) is 1.76. The van der Waals surface area contributed by atoms with E-state index in [-0.39, 0.29) is 12.6 Å². The van der Waals surface area contributed by atoms with Gasteiger partial charge in [-0.1, -0.05) is 23.2 Å². The second-order valence-corrected chi connectivity index (χ2v) is 4.86. The van der Waals surface area contributed by atoms with Gasteiger partial charge in [-0.15, -0.1) is 0 Å². The molecule has 1 atom stereocenters. The maximum absolute atomic E-state index is 9.32. The van der Waals surface area contributed by atoms with Crippen LogP contribution < -0.4 is 10.2 Å². The standard InChI is InChI=1S/C11H15Cl2N3O/c1-14-10-8(12)5-9(13)11(15-10)16-4-2-3-7(16)6-17/h5,7,17H,2-4,6H2,1H3,(H,14,15). The third-order valence-electron chi connectivity index (χ3n) is 3.01. The summed E-state index contributed by atoms with van der Waals surface area (Å²) in [5.41, 5.74) is 0. The van der Waals surface area contributed by atoms with Gasteiger partial charge in [0, 0.05) is 13.6 Å². The summed E-state index contributed by atoms with van der Waals surface area (Å²) in [6.07, 6.45) is 2.01. The number of halogens is 2. The highest BCUT2D eigenvalue weighted by molar-refractivity contribution is 6.37. The lowest BCUT2D eigenvalue weighted by Gasteiger charge is -2.25. The Bertz CT molecular complexity index is 414. The van der Waals surface area contributed by atoms with Crippen molar-refractivity contribution in [1.29, 1.82) is 0 Å². The number of rotatable bonds is 3. The normalized spacial score (nSPS) is 19.8. The van der Waals surface area contributed by atoms with Gasteiger partial charge in [-0.25, -0.2) is 4.98 Å². The molecule has 0 radical (unpaired) electrons. The molecule has 1 aromatic heterocycles. The predicted octanol–water partition coefficient (Wildman–Crippen LogP) is 2.39. The Kier molecular flexibility index (Phi) is 3.97. The van der Waals surface area contributed by atoms with Gasteiger partial charge in [0.1, 0.15) is 11.6 Å². The summed E-state index contributed by atoms with van der Waals surface area (Å²) < 4.78 is 0. The van der Waals surface area contributed by atoms with E-state index in [1.807, 2.05) is 4.90 Å². The first-order valence-corrected chi connectivity index (χ1v) is 6.34. The van der Waals surface area contributed by atoms with Gasteiger partial charge in [-0.05, 0) is 18.9 Å². The minimum atomic E-state index is 0.103. The van der Waals surface area contributed by atoms with Gasteiger partial charge < -0.3 is 15.3 Å². The molecule has 0 spiro atoms. The van der Waals surface area contributed by atoms with Crippen molar-refractivity contribution in [3.05, 3.63) is 16.1 Å². The van der Waals surface area contributed by atoms with Crippen molar-refractivity contribution in [2.75, 3.05) is 30.4 Å². The Labute approximate surface area is 111 Å². The molecule has 0 aliphatic carbocycles. The van der Waals surface area contributed by atoms with E-state index in [2.05, 4.69) is 10.3 Å². The van der Waals surface area contributed by atoms with Crippen molar-refractivity contribution in [1.82, 2.24) is 4.98 Å². The smallest absolute Gasteiger partial charge is 0.150 e. The first-order valence-electron chi connectivity index (χ1n) is 5.58. The van der Waals surface area contributed by atoms with Gasteiger partial charge in [-0.2, -0.15) is 0 Å². The van der Waals surface area contributed by atoms with Crippen LogP contribution in [0.2, 0.25) is 10.0 Å². The molecule has 2 heterocycles. The van der Waals surface area contributed by atoms with Crippen LogP contribution in [0.3, 0.4) is 0 Å². The van der Waals surface area contributed by atoms with E-state index in [0.29, 0.717) is 21.7 Å². The van der Waals surface area contributed by atoms with Crippen molar-refractivity contribution in [2.45, 2.75) is 18.9 Å². The molecule has 2 N–H and O–H groups in total. The minimum absolute atomic E-state index is 0.103. The van der Waals surface area contributed by atoms with Crippen LogP contribution in [0.1, 0.15) is 12.8 Å². The lowest BCUT2D eigenvalue weighted by molar-refractivity contribution is 0.266. The molecule has 0 amide bonds. The number of aromatic nitrogens is 1. The van der Waals surface area contributed by atoms with Crippen LogP contribution in [0.4, 0.5) is 11.6 Å². The largest absolute Gasteiger partial charge is 0.394 e. The van der Waals surface area contributed by atoms with E-state index < -0.39 is 0 Å². The van der Waals surface area contributed by atoms with Crippen LogP contribution in [0.15, 0.2) is 6.07 Å². The quantitative estimate of drug-likeness (QED) is 0.890. The average molecular weight is 276 g/mol. The molecule has 1 fully saturated rings. The molecule has 94 valence electrons. The number of aliphatic hydroxyl groups excluding tert-OH is 1. The Hall–Kier alpha value is -0.710. The third kappa shape index (κ3) is 2.44. The number of hydrogen-bond acceptors (Lipinski definition) is 4. The highest BCUT2D eigenvalue weighted by atomic mass is 35.5. The Morgan fingerprint density at radius 1 is 1.53 bits per heavy atom. The lowest BCUT2D eigenvalue weighted by atomic mass is 10.2. The van der Waals surface area contributed by atoms with E-state index in [1.54, 1.807) is 13.1 Å². The van der Waals surface area contributed by atoms with Crippen molar-refractivity contribution >= 4 is 34.8 Å². The van der Waals surface area contributed by atoms with Crippen molar-refractivity contribution in [2.24, 2.45) is 0 Å². The topological polar surface area (TPSA) is 48.4 Å². The Morgan fingerprint density at radius 2 is 2.29 bits per heavy atom. The van der Waals surface area contributed by atoms with Gasteiger partial charge in [0.2, 0.25) is 0 Å². The molecular weight excluding hydrogens is 261 g/mol. The molecule has 1 aliphatic heterocycles. The fourth-order valence-corrected chi connectivity index (χ4v) is 2.70. The highest BCUT2D eigenvalue weighted by Gasteiger charge is 2.27. The minimum Gasteiger partial charge on any atom is -0.394 e. The van der Waals surface area contributed by atoms with Crippen LogP contribution >= 0.6 is 23.2 Å². The highest BCUT2D eigenvalue weighted by Crippen LogP contribution is 2.34. The van der Waals surface area contributed by atoms with Gasteiger partial charge >= 0.3 is 0 Å². The maximum atomic E-state index is 9.32. The van der Waals surface area contributed by atoms with E-state index in [1.165, 1.54) is 0 Å². The van der Waals surface area contributed by atoms with Crippen LogP contribution in [0, 0.1) is 0 Å². The second kappa shape index (κ2) is 5.29. The summed E-state index contributed by atoms with van der Waals surface area (Å²) in [5, 5.41) is 13.3. The number of pyridine rings is 1. The van der Waals surface area contributed by atoms with Crippen molar-refractivity contribution < 1.29 is 5.11 Å². The molecule has 17 heavy (non-hydrogen) atoms. The fraction of sp³-hybridized carbons (Fsp3) is 0.545. The lowest BCUT2D eigenvalue weighted by Crippen LogP contribution is -2.33. The second-order valence-electron chi connectivity index (χ2n) is 4.05. The molecule has 6 heteroatoms. The zero-order chi connectivity index (χ0) is 12.4. The number of nitrogens with one attached hydrogen (secondary N) is 1. The molecule has 1 unspecified atom stereocenters. The summed E-state index contributed by atoms with van der Waals surface area (Å²) >= 11 is 12.2. The summed E-state index contributed by atoms with van der Waals surface area (Å²) in [4.78, 5) is 6.45. The molecular formula is C11H15Cl2N3O. The molecule has 2 rings (SSSR count). The van der Waals surface area contributed by atoms with E-state index in [9.17, 15) is 5.11 Å². The number of anilines is 2. The molecule has 4 nitrogen and oxygen atoms in total. The average Bonchev–Trinajstić information content (AvgIpc) is 2.77. The van der Waals surface area contributed by atoms with Crippen molar-refractivity contribution in [3.63, 3.8) is 0 Å². The maximum Gasteiger partial charge on any atom is 0.150 e. The number of nitrogens with zero attached hydrogens (tertiary/aromatic N) is 2. The summed E-state index contributed by atoms with van der Waals surface area (Å²) in [6.45, 7) is 0.984.